The molecule has 0 spiro atoms. The number of nitrogens with zero attached hydrogens (tertiary/aromatic N) is 2. The Morgan fingerprint density at radius 1 is 1.41 bits per heavy atom. The standard InChI is InChI=1S/C17H19F2N3O3.C4H8/c1-3-12(18)6-4-5-11(2)20-16-14(19)9-22(17(24)21-16)15-8-7-13(10-23)25-15;1-3-4-2/h3,5-9,13,15,23H,1,4,10H2,2H3,(H,20,21,24);3H,1,4H2,2H3/b11-5+,12-6?;. The molecule has 0 saturated heterocycles. The summed E-state index contributed by atoms with van der Waals surface area (Å²) in [6.07, 6.45) is 10.0. The summed E-state index contributed by atoms with van der Waals surface area (Å²) in [5.74, 6) is -1.43. The molecule has 2 unspecified atom stereocenters. The fraction of sp³-hybridized carbons (Fsp3) is 0.333. The summed E-state index contributed by atoms with van der Waals surface area (Å²) < 4.78 is 33.5. The molecule has 0 fully saturated rings. The first-order valence-corrected chi connectivity index (χ1v) is 9.12. The number of ether oxygens (including phenoxy) is 1. The van der Waals surface area contributed by atoms with E-state index in [4.69, 9.17) is 9.84 Å². The first kappa shape index (κ1) is 24.2. The first-order valence-electron chi connectivity index (χ1n) is 9.12. The molecule has 2 heterocycles. The summed E-state index contributed by atoms with van der Waals surface area (Å²) in [6.45, 7) is 10.2. The van der Waals surface area contributed by atoms with Gasteiger partial charge < -0.3 is 15.2 Å². The van der Waals surface area contributed by atoms with Gasteiger partial charge in [-0.3, -0.25) is 4.57 Å². The average molecular weight is 407 g/mol. The predicted molar refractivity (Wildman–Crippen MR) is 110 cm³/mol. The first-order chi connectivity index (χ1) is 13.9. The second-order valence-electron chi connectivity index (χ2n) is 6.00. The van der Waals surface area contributed by atoms with Gasteiger partial charge in [-0.25, -0.2) is 13.6 Å². The Kier molecular flexibility index (Phi) is 10.5. The molecule has 6 nitrogen and oxygen atoms in total. The van der Waals surface area contributed by atoms with Gasteiger partial charge in [-0.15, -0.1) is 6.58 Å². The van der Waals surface area contributed by atoms with Gasteiger partial charge in [0.2, 0.25) is 0 Å². The lowest BCUT2D eigenvalue weighted by atomic mass is 10.3. The van der Waals surface area contributed by atoms with E-state index in [0.29, 0.717) is 5.70 Å². The highest BCUT2D eigenvalue weighted by molar-refractivity contribution is 5.41. The number of hydrogen-bond acceptors (Lipinski definition) is 5. The van der Waals surface area contributed by atoms with Crippen molar-refractivity contribution in [1.29, 1.82) is 0 Å². The van der Waals surface area contributed by atoms with E-state index in [1.54, 1.807) is 25.2 Å². The Morgan fingerprint density at radius 3 is 2.66 bits per heavy atom. The topological polar surface area (TPSA) is 76.4 Å². The Balaban J connectivity index is 0.000000960. The van der Waals surface area contributed by atoms with Gasteiger partial charge in [0.05, 0.1) is 12.8 Å². The summed E-state index contributed by atoms with van der Waals surface area (Å²) in [4.78, 5) is 15.7. The van der Waals surface area contributed by atoms with Crippen molar-refractivity contribution in [2.24, 2.45) is 0 Å². The van der Waals surface area contributed by atoms with Crippen LogP contribution in [0.2, 0.25) is 0 Å². The Labute approximate surface area is 169 Å². The van der Waals surface area contributed by atoms with Gasteiger partial charge in [0.15, 0.2) is 17.9 Å². The molecule has 2 rings (SSSR count). The lowest BCUT2D eigenvalue weighted by Gasteiger charge is -2.15. The van der Waals surface area contributed by atoms with E-state index >= 15 is 0 Å². The van der Waals surface area contributed by atoms with Crippen molar-refractivity contribution in [1.82, 2.24) is 9.55 Å². The van der Waals surface area contributed by atoms with Gasteiger partial charge in [0.25, 0.3) is 0 Å². The summed E-state index contributed by atoms with van der Waals surface area (Å²) in [6, 6.07) is 0. The van der Waals surface area contributed by atoms with Crippen LogP contribution < -0.4 is 11.0 Å². The number of hydrogen-bond donors (Lipinski definition) is 2. The Hall–Kier alpha value is -2.84. The fourth-order valence-electron chi connectivity index (χ4n) is 2.14. The predicted octanol–water partition coefficient (Wildman–Crippen LogP) is 4.16. The highest BCUT2D eigenvalue weighted by atomic mass is 19.1. The van der Waals surface area contributed by atoms with Crippen molar-refractivity contribution >= 4 is 5.82 Å². The number of rotatable bonds is 8. The van der Waals surface area contributed by atoms with Crippen LogP contribution in [0.25, 0.3) is 0 Å². The van der Waals surface area contributed by atoms with E-state index < -0.39 is 29.7 Å². The van der Waals surface area contributed by atoms with Crippen molar-refractivity contribution in [2.75, 3.05) is 11.9 Å². The van der Waals surface area contributed by atoms with E-state index in [-0.39, 0.29) is 18.8 Å². The zero-order valence-electron chi connectivity index (χ0n) is 16.6. The van der Waals surface area contributed by atoms with Crippen molar-refractivity contribution in [3.8, 4) is 0 Å². The maximum Gasteiger partial charge on any atom is 0.352 e. The SMILES string of the molecule is C=CC(F)=CC/C=C(\C)Nc1nc(=O)n(C2C=CC(CO)O2)cc1F.C=CCC. The van der Waals surface area contributed by atoms with Crippen molar-refractivity contribution < 1.29 is 18.6 Å². The largest absolute Gasteiger partial charge is 0.393 e. The Morgan fingerprint density at radius 2 is 2.10 bits per heavy atom. The highest BCUT2D eigenvalue weighted by Crippen LogP contribution is 2.20. The molecule has 0 bridgehead atoms. The number of anilines is 1. The van der Waals surface area contributed by atoms with E-state index in [2.05, 4.69) is 30.4 Å². The second-order valence-corrected chi connectivity index (χ2v) is 6.00. The quantitative estimate of drug-likeness (QED) is 0.500. The van der Waals surface area contributed by atoms with Gasteiger partial charge in [-0.05, 0) is 38.0 Å². The van der Waals surface area contributed by atoms with Gasteiger partial charge in [0, 0.05) is 5.70 Å². The van der Waals surface area contributed by atoms with Crippen LogP contribution in [0.15, 0.2) is 72.1 Å². The molecule has 1 aliphatic heterocycles. The van der Waals surface area contributed by atoms with E-state index in [0.717, 1.165) is 23.3 Å². The lowest BCUT2D eigenvalue weighted by Crippen LogP contribution is -2.29. The number of aliphatic hydroxyl groups is 1. The fourth-order valence-corrected chi connectivity index (χ4v) is 2.14. The molecular formula is C21H27F2N3O3. The summed E-state index contributed by atoms with van der Waals surface area (Å²) in [7, 11) is 0. The number of halogens is 2. The smallest absolute Gasteiger partial charge is 0.352 e. The van der Waals surface area contributed by atoms with Crippen LogP contribution in [-0.4, -0.2) is 27.4 Å². The minimum absolute atomic E-state index is 0.233. The zero-order valence-corrected chi connectivity index (χ0v) is 16.6. The maximum absolute atomic E-state index is 14.2. The van der Waals surface area contributed by atoms with Crippen molar-refractivity contribution in [2.45, 2.75) is 39.0 Å². The molecular weight excluding hydrogens is 380 g/mol. The summed E-state index contributed by atoms with van der Waals surface area (Å²) in [5.41, 5.74) is -0.198. The van der Waals surface area contributed by atoms with Crippen molar-refractivity contribution in [3.63, 3.8) is 0 Å². The average Bonchev–Trinajstić information content (AvgIpc) is 3.19. The minimum Gasteiger partial charge on any atom is -0.393 e. The van der Waals surface area contributed by atoms with Crippen molar-refractivity contribution in [3.05, 3.63) is 83.6 Å². The Bertz CT molecular complexity index is 844. The van der Waals surface area contributed by atoms with Gasteiger partial charge in [0.1, 0.15) is 11.9 Å². The van der Waals surface area contributed by atoms with Crippen LogP contribution in [0, 0.1) is 5.82 Å². The van der Waals surface area contributed by atoms with Gasteiger partial charge in [-0.1, -0.05) is 31.7 Å². The zero-order chi connectivity index (χ0) is 21.8. The monoisotopic (exact) mass is 407 g/mol. The molecule has 1 aromatic rings. The molecule has 8 heteroatoms. The minimum atomic E-state index is -0.815. The molecule has 0 saturated carbocycles. The molecule has 0 radical (unpaired) electrons. The highest BCUT2D eigenvalue weighted by Gasteiger charge is 2.22. The van der Waals surface area contributed by atoms with E-state index in [1.807, 2.05) is 6.08 Å². The molecule has 158 valence electrons. The number of nitrogens with one attached hydrogen (secondary N) is 1. The second kappa shape index (κ2) is 12.6. The third-order valence-corrected chi connectivity index (χ3v) is 3.70. The summed E-state index contributed by atoms with van der Waals surface area (Å²) in [5, 5.41) is 11.7. The molecule has 0 aliphatic carbocycles. The van der Waals surface area contributed by atoms with Gasteiger partial charge in [-0.2, -0.15) is 4.98 Å². The molecule has 2 N–H and O–H groups in total. The van der Waals surface area contributed by atoms with Crippen LogP contribution in [0.5, 0.6) is 0 Å². The van der Waals surface area contributed by atoms with Crippen LogP contribution in [0.4, 0.5) is 14.6 Å². The molecule has 0 amide bonds. The molecule has 0 aromatic carbocycles. The number of allylic oxidation sites excluding steroid dienone is 6. The maximum atomic E-state index is 14.2. The van der Waals surface area contributed by atoms with Crippen LogP contribution in [0.1, 0.15) is 32.9 Å². The van der Waals surface area contributed by atoms with Crippen LogP contribution in [-0.2, 0) is 4.74 Å². The molecule has 1 aromatic heterocycles. The lowest BCUT2D eigenvalue weighted by molar-refractivity contribution is -0.0106. The van der Waals surface area contributed by atoms with E-state index in [1.165, 1.54) is 6.08 Å². The van der Waals surface area contributed by atoms with E-state index in [9.17, 15) is 13.6 Å². The van der Waals surface area contributed by atoms with Crippen LogP contribution >= 0.6 is 0 Å². The molecule has 29 heavy (non-hydrogen) atoms. The van der Waals surface area contributed by atoms with Gasteiger partial charge >= 0.3 is 5.69 Å². The summed E-state index contributed by atoms with van der Waals surface area (Å²) >= 11 is 0. The molecule has 1 aliphatic rings. The third kappa shape index (κ3) is 7.97. The molecule has 2 atom stereocenters. The normalized spacial score (nSPS) is 18.8. The number of aliphatic hydroxyl groups excluding tert-OH is 1. The number of aromatic nitrogens is 2. The van der Waals surface area contributed by atoms with Crippen LogP contribution in [0.3, 0.4) is 0 Å². The third-order valence-electron chi connectivity index (χ3n) is 3.70.